The van der Waals surface area contributed by atoms with Crippen LogP contribution in [0.3, 0.4) is 0 Å². The maximum absolute atomic E-state index is 15.6. The molecule has 578 valence electrons. The minimum absolute atomic E-state index is 0.0140. The van der Waals surface area contributed by atoms with Gasteiger partial charge in [0.25, 0.3) is 0 Å². The van der Waals surface area contributed by atoms with Crippen molar-refractivity contribution < 1.29 is 31.8 Å². The quantitative estimate of drug-likeness (QED) is 0.131. The summed E-state index contributed by atoms with van der Waals surface area (Å²) >= 11 is 0. The molecule has 0 amide bonds. The van der Waals surface area contributed by atoms with E-state index in [2.05, 4.69) is 202 Å². The minimum Gasteiger partial charge on any atom is -0.493 e. The zero-order valence-corrected chi connectivity index (χ0v) is 65.8. The van der Waals surface area contributed by atoms with Crippen molar-refractivity contribution in [3.05, 3.63) is 368 Å². The number of hydrogen-bond acceptors (Lipinski definition) is 5. The third kappa shape index (κ3) is 13.6. The number of nitrogens with zero attached hydrogens (tertiary/aromatic N) is 2. The summed E-state index contributed by atoms with van der Waals surface area (Å²) in [6, 6.07) is 16.3. The number of fused-ring (bicyclic) bond motifs is 6. The van der Waals surface area contributed by atoms with Crippen LogP contribution in [0, 0.1) is 70.9 Å². The highest BCUT2D eigenvalue weighted by Crippen LogP contribution is 2.66. The Bertz CT molecular complexity index is 5090. The maximum Gasteiger partial charge on any atom is 0.123 e. The first-order valence-electron chi connectivity index (χ1n) is 42.6. The van der Waals surface area contributed by atoms with Crippen LogP contribution in [0.1, 0.15) is 160 Å². The van der Waals surface area contributed by atoms with Crippen molar-refractivity contribution >= 4 is 5.57 Å². The SMILES string of the molecule is C=CC1=CCC(Oc2ccc(C3(C4C=CC(F)=CC4)C4C=C(N(C5=CC6C7=C(CCC(N8C9=CC(C)=C(C%10=CCC(F)C=C%10)CC9C9=C(C=CC(OC%10=CC=C(C=C)CC%10)C9)C9CCC=CC9C9=C(c%10ccc(F)cc%10)CC8C=C9)=C7)OC6CC5)C5=CC(C)=C(C6CC=C(F)CC6)CC5C)C=CC4C4C=CCCC43)cc2)C=C1. The molecule has 1 saturated carbocycles. The monoisotopic (exact) mass is 1510 g/mol. The molecule has 113 heavy (non-hydrogen) atoms. The Kier molecular flexibility index (Phi) is 19.9. The number of rotatable bonds is 15. The normalized spacial score (nSPS) is 34.1. The van der Waals surface area contributed by atoms with E-state index in [1.165, 1.54) is 89.8 Å². The van der Waals surface area contributed by atoms with E-state index in [1.807, 2.05) is 42.5 Å². The second-order valence-electron chi connectivity index (χ2n) is 35.0. The van der Waals surface area contributed by atoms with Gasteiger partial charge < -0.3 is 24.0 Å². The van der Waals surface area contributed by atoms with Gasteiger partial charge in [0.05, 0.1) is 17.6 Å². The van der Waals surface area contributed by atoms with Crippen molar-refractivity contribution in [1.29, 1.82) is 0 Å². The van der Waals surface area contributed by atoms with Gasteiger partial charge in [-0.1, -0.05) is 171 Å². The molecule has 0 spiro atoms. The van der Waals surface area contributed by atoms with E-state index in [1.54, 1.807) is 24.3 Å². The van der Waals surface area contributed by atoms with Crippen LogP contribution in [-0.4, -0.2) is 40.3 Å². The summed E-state index contributed by atoms with van der Waals surface area (Å²) in [5, 5.41) is 0. The highest BCUT2D eigenvalue weighted by Gasteiger charge is 2.62. The summed E-state index contributed by atoms with van der Waals surface area (Å²) in [7, 11) is 0. The minimum atomic E-state index is -1.01. The Hall–Kier alpha value is -9.60. The van der Waals surface area contributed by atoms with E-state index < -0.39 is 11.6 Å². The molecule has 3 heterocycles. The highest BCUT2D eigenvalue weighted by molar-refractivity contribution is 5.75. The van der Waals surface area contributed by atoms with Gasteiger partial charge in [-0.3, -0.25) is 0 Å². The Balaban J connectivity index is 0.750. The fraction of sp³-hybridized carbons (Fsp3) is 0.385. The van der Waals surface area contributed by atoms with Gasteiger partial charge in [0, 0.05) is 95.2 Å². The fourth-order valence-corrected chi connectivity index (χ4v) is 23.4. The number of ether oxygens (including phenoxy) is 3. The van der Waals surface area contributed by atoms with Crippen LogP contribution in [-0.2, 0) is 14.9 Å². The van der Waals surface area contributed by atoms with Crippen LogP contribution < -0.4 is 4.74 Å². The molecule has 2 bridgehead atoms. The molecule has 5 nitrogen and oxygen atoms in total. The topological polar surface area (TPSA) is 34.2 Å². The second kappa shape index (κ2) is 30.6. The van der Waals surface area contributed by atoms with Gasteiger partial charge in [-0.25, -0.2) is 17.6 Å². The molecule has 15 aliphatic carbocycles. The van der Waals surface area contributed by atoms with Gasteiger partial charge in [-0.15, -0.1) is 0 Å². The number of allylic oxidation sites excluding steroid dienone is 41. The van der Waals surface area contributed by atoms with Gasteiger partial charge in [-0.2, -0.15) is 0 Å². The Morgan fingerprint density at radius 3 is 2.25 bits per heavy atom. The third-order valence-corrected chi connectivity index (χ3v) is 28.8. The first-order valence-corrected chi connectivity index (χ1v) is 42.6. The molecule has 1 fully saturated rings. The van der Waals surface area contributed by atoms with E-state index >= 15 is 13.2 Å². The van der Waals surface area contributed by atoms with E-state index in [4.69, 9.17) is 14.2 Å². The molecule has 17 atom stereocenters. The number of alkyl halides is 1. The van der Waals surface area contributed by atoms with Crippen LogP contribution in [0.25, 0.3) is 5.57 Å². The van der Waals surface area contributed by atoms with E-state index in [-0.39, 0.29) is 101 Å². The number of hydrogen-bond donors (Lipinski definition) is 0. The Morgan fingerprint density at radius 1 is 0.619 bits per heavy atom. The second-order valence-corrected chi connectivity index (χ2v) is 35.0. The molecular formula is C104H106F4N2O3. The first kappa shape index (κ1) is 73.6. The lowest BCUT2D eigenvalue weighted by Gasteiger charge is -2.48. The van der Waals surface area contributed by atoms with E-state index in [0.717, 1.165) is 143 Å². The summed E-state index contributed by atoms with van der Waals surface area (Å²) in [6.45, 7) is 15.1. The standard InChI is InChI=1S/C104H106F4N2O3/c1-6-66-16-42-81(43-17-66)111-83-46-28-72(29-47-83)104(71-26-36-76(108)37-27-71)98-15-11-10-14-89(98)90-50-39-80(60-99(90)104)109(100-55-63(3)91(54-65(100)5)68-20-30-73(105)31-21-68)78-40-52-102-96(58-78)97-59-79(41-53-103(97)113-102)110-77-38-49-87(93(57-77)70-24-34-75(107)35-25-70)85-12-8-9-13-86(85)88-51-48-84(112-82-44-18-67(7-2)19-45-82)61-94(88)95-62-92(64(4)56-101(95)110)69-22-32-74(106)33-23-69/h6-8,10,12,14,16-18,22-26,28-30,32,34-39,42,44,46-51,55-56,58-60,65,68,71,74,77,81,84-86,89-90,95-96,98-99,102H,1-2,9,11,13,15,19-21,27,31,33,40-41,43,45,52-54,57,61-62H2,3-5H3. The molecule has 18 aliphatic rings. The lowest BCUT2D eigenvalue weighted by Crippen LogP contribution is -2.45. The summed E-state index contributed by atoms with van der Waals surface area (Å²) < 4.78 is 82.3. The molecular weight excluding hydrogens is 1400 g/mol. The molecule has 0 N–H and O–H groups in total. The largest absolute Gasteiger partial charge is 0.493 e. The molecule has 2 aromatic carbocycles. The molecule has 0 saturated heterocycles. The molecule has 9 heteroatoms. The van der Waals surface area contributed by atoms with E-state index in [9.17, 15) is 4.39 Å². The van der Waals surface area contributed by atoms with Crippen molar-refractivity contribution in [2.75, 3.05) is 0 Å². The predicted octanol–water partition coefficient (Wildman–Crippen LogP) is 26.0. The molecule has 3 aliphatic heterocycles. The Morgan fingerprint density at radius 2 is 1.47 bits per heavy atom. The van der Waals surface area contributed by atoms with Gasteiger partial charge in [0.2, 0.25) is 0 Å². The smallest absolute Gasteiger partial charge is 0.123 e. The van der Waals surface area contributed by atoms with Gasteiger partial charge in [0.1, 0.15) is 47.6 Å². The zero-order valence-electron chi connectivity index (χ0n) is 65.8. The van der Waals surface area contributed by atoms with Gasteiger partial charge in [-0.05, 0) is 298 Å². The number of halogens is 4. The summed E-state index contributed by atoms with van der Waals surface area (Å²) in [5.41, 5.74) is 23.5. The molecule has 0 aromatic heterocycles. The average molecular weight is 1510 g/mol. The van der Waals surface area contributed by atoms with Crippen molar-refractivity contribution in [2.24, 2.45) is 65.1 Å². The van der Waals surface area contributed by atoms with Crippen molar-refractivity contribution in [3.63, 3.8) is 0 Å². The fourth-order valence-electron chi connectivity index (χ4n) is 23.4. The summed E-state index contributed by atoms with van der Waals surface area (Å²) in [5.74, 6) is 4.03. The van der Waals surface area contributed by atoms with Crippen molar-refractivity contribution in [2.45, 2.75) is 185 Å². The first-order chi connectivity index (χ1) is 55.2. The van der Waals surface area contributed by atoms with Crippen molar-refractivity contribution in [3.8, 4) is 5.75 Å². The Labute approximate surface area is 667 Å². The van der Waals surface area contributed by atoms with Crippen LogP contribution in [0.2, 0.25) is 0 Å². The average Bonchev–Trinajstić information content (AvgIpc) is 1.54. The molecule has 20 rings (SSSR count). The highest BCUT2D eigenvalue weighted by atomic mass is 19.1. The van der Waals surface area contributed by atoms with Crippen LogP contribution in [0.5, 0.6) is 5.75 Å². The molecule has 2 aromatic rings. The lowest BCUT2D eigenvalue weighted by atomic mass is 9.55. The molecule has 17 unspecified atom stereocenters. The summed E-state index contributed by atoms with van der Waals surface area (Å²) in [4.78, 5) is 5.46. The van der Waals surface area contributed by atoms with Crippen molar-refractivity contribution in [1.82, 2.24) is 9.80 Å². The predicted molar refractivity (Wildman–Crippen MR) is 448 cm³/mol. The van der Waals surface area contributed by atoms with Crippen LogP contribution in [0.15, 0.2) is 351 Å². The molecule has 0 radical (unpaired) electrons. The maximum atomic E-state index is 15.6. The summed E-state index contributed by atoms with van der Waals surface area (Å²) in [6.07, 6.45) is 80.1. The zero-order chi connectivity index (χ0) is 76.8. The lowest BCUT2D eigenvalue weighted by molar-refractivity contribution is 0.103. The van der Waals surface area contributed by atoms with E-state index in [0.29, 0.717) is 25.2 Å². The van der Waals surface area contributed by atoms with Crippen LogP contribution >= 0.6 is 0 Å². The van der Waals surface area contributed by atoms with Gasteiger partial charge >= 0.3 is 0 Å². The third-order valence-electron chi connectivity index (χ3n) is 28.8. The number of benzene rings is 2. The van der Waals surface area contributed by atoms with Crippen LogP contribution in [0.4, 0.5) is 17.6 Å². The van der Waals surface area contributed by atoms with Gasteiger partial charge in [0.15, 0.2) is 0 Å².